The summed E-state index contributed by atoms with van der Waals surface area (Å²) in [4.78, 5) is 13.1. The van der Waals surface area contributed by atoms with Crippen LogP contribution in [0.5, 0.6) is 0 Å². The number of rotatable bonds is 5. The second kappa shape index (κ2) is 8.16. The van der Waals surface area contributed by atoms with Crippen LogP contribution in [0.1, 0.15) is 71.6 Å². The summed E-state index contributed by atoms with van der Waals surface area (Å²) < 4.78 is 13.2. The first-order chi connectivity index (χ1) is 13.8. The molecule has 8 atom stereocenters. The standard InChI is InChI=1S/C23H39FN4O/c1-14(25)27-28(26)13-22(29)21-8-7-20-19-6-4-16-11-15(12-24)3-5-17(16)18(19)9-10-23(20,21)2/h15-21H,3-13,26H2,1-2H3,(H2,25,27). The van der Waals surface area contributed by atoms with E-state index in [-0.39, 0.29) is 30.3 Å². The highest BCUT2D eigenvalue weighted by Gasteiger charge is 2.58. The lowest BCUT2D eigenvalue weighted by Crippen LogP contribution is -2.50. The van der Waals surface area contributed by atoms with Crippen LogP contribution in [-0.2, 0) is 4.79 Å². The van der Waals surface area contributed by atoms with Crippen molar-refractivity contribution in [1.29, 1.82) is 0 Å². The van der Waals surface area contributed by atoms with E-state index in [4.69, 9.17) is 11.6 Å². The zero-order valence-corrected chi connectivity index (χ0v) is 18.2. The van der Waals surface area contributed by atoms with Crippen molar-refractivity contribution in [1.82, 2.24) is 5.12 Å². The maximum atomic E-state index is 13.2. The molecule has 0 saturated heterocycles. The Kier molecular flexibility index (Phi) is 5.93. The average Bonchev–Trinajstić information content (AvgIpc) is 3.03. The number of nitrogens with two attached hydrogens (primary N) is 2. The molecule has 29 heavy (non-hydrogen) atoms. The van der Waals surface area contributed by atoms with Crippen LogP contribution in [0.15, 0.2) is 5.10 Å². The van der Waals surface area contributed by atoms with E-state index in [9.17, 15) is 9.18 Å². The summed E-state index contributed by atoms with van der Waals surface area (Å²) in [5.74, 6) is 10.6. The summed E-state index contributed by atoms with van der Waals surface area (Å²) in [6, 6.07) is 0. The fraction of sp³-hybridized carbons (Fsp3) is 0.913. The van der Waals surface area contributed by atoms with Gasteiger partial charge in [-0.3, -0.25) is 9.18 Å². The maximum absolute atomic E-state index is 13.2. The molecule has 4 aliphatic rings. The van der Waals surface area contributed by atoms with E-state index in [1.165, 1.54) is 37.2 Å². The molecule has 0 bridgehead atoms. The van der Waals surface area contributed by atoms with Gasteiger partial charge in [0.1, 0.15) is 12.4 Å². The van der Waals surface area contributed by atoms with Gasteiger partial charge in [0.2, 0.25) is 0 Å². The highest BCUT2D eigenvalue weighted by molar-refractivity contribution is 5.84. The Morgan fingerprint density at radius 3 is 2.59 bits per heavy atom. The molecule has 0 aromatic carbocycles. The number of halogens is 1. The number of hydrogen-bond acceptors (Lipinski definition) is 4. The summed E-state index contributed by atoms with van der Waals surface area (Å²) in [5, 5.41) is 5.20. The number of hydrazone groups is 1. The number of nitrogens with zero attached hydrogens (tertiary/aromatic N) is 2. The van der Waals surface area contributed by atoms with Gasteiger partial charge in [-0.05, 0) is 106 Å². The van der Waals surface area contributed by atoms with Crippen LogP contribution in [-0.4, -0.2) is 30.0 Å². The molecule has 5 nitrogen and oxygen atoms in total. The first-order valence-electron chi connectivity index (χ1n) is 11.7. The molecule has 8 unspecified atom stereocenters. The molecule has 4 N–H and O–H groups in total. The van der Waals surface area contributed by atoms with E-state index in [0.717, 1.165) is 49.4 Å². The van der Waals surface area contributed by atoms with Crippen molar-refractivity contribution in [3.05, 3.63) is 0 Å². The Hall–Kier alpha value is -1.17. The number of hydrazine groups is 1. The number of carbonyl (C=O) groups excluding carboxylic acids is 1. The number of Topliss-reactive ketones (excluding diaryl/α,β-unsaturated/α-hetero) is 1. The number of alkyl halides is 1. The van der Waals surface area contributed by atoms with Crippen molar-refractivity contribution < 1.29 is 9.18 Å². The SMILES string of the molecule is C/C(N)=N/N(N)CC(=O)C1CCC2C3CCC4CC(CF)CCC4C3CCC12C. The van der Waals surface area contributed by atoms with Gasteiger partial charge >= 0.3 is 0 Å². The molecule has 0 radical (unpaired) electrons. The lowest BCUT2D eigenvalue weighted by atomic mass is 9.49. The molecule has 4 rings (SSSR count). The first-order valence-corrected chi connectivity index (χ1v) is 11.7. The van der Waals surface area contributed by atoms with Crippen LogP contribution in [0.3, 0.4) is 0 Å². The molecule has 0 amide bonds. The number of hydrogen-bond donors (Lipinski definition) is 2. The molecule has 6 heteroatoms. The second-order valence-corrected chi connectivity index (χ2v) is 10.7. The quantitative estimate of drug-likeness (QED) is 0.314. The number of ketones is 1. The number of amidine groups is 1. The van der Waals surface area contributed by atoms with E-state index in [0.29, 0.717) is 17.7 Å². The van der Waals surface area contributed by atoms with Crippen LogP contribution in [0.25, 0.3) is 0 Å². The predicted molar refractivity (Wildman–Crippen MR) is 113 cm³/mol. The first kappa shape index (κ1) is 21.1. The molecule has 0 aliphatic heterocycles. The summed E-state index contributed by atoms with van der Waals surface area (Å²) in [7, 11) is 0. The van der Waals surface area contributed by atoms with Crippen LogP contribution in [0.2, 0.25) is 0 Å². The van der Waals surface area contributed by atoms with Gasteiger partial charge in [-0.1, -0.05) is 6.92 Å². The molecule has 0 spiro atoms. The van der Waals surface area contributed by atoms with Crippen LogP contribution < -0.4 is 11.6 Å². The Morgan fingerprint density at radius 1 is 1.10 bits per heavy atom. The van der Waals surface area contributed by atoms with Crippen molar-refractivity contribution in [3.8, 4) is 0 Å². The Balaban J connectivity index is 1.45. The average molecular weight is 407 g/mol. The summed E-state index contributed by atoms with van der Waals surface area (Å²) in [6.07, 6.45) is 10.5. The molecular formula is C23H39FN4O. The highest BCUT2D eigenvalue weighted by Crippen LogP contribution is 2.64. The normalized spacial score (nSPS) is 44.6. The molecule has 0 heterocycles. The van der Waals surface area contributed by atoms with Gasteiger partial charge < -0.3 is 5.73 Å². The van der Waals surface area contributed by atoms with Crippen molar-refractivity contribution in [2.24, 2.45) is 63.5 Å². The fourth-order valence-electron chi connectivity index (χ4n) is 8.13. The van der Waals surface area contributed by atoms with E-state index in [2.05, 4.69) is 12.0 Å². The van der Waals surface area contributed by atoms with E-state index in [1.807, 2.05) is 0 Å². The number of carbonyl (C=O) groups is 1. The Bertz CT molecular complexity index is 651. The zero-order chi connectivity index (χ0) is 20.8. The minimum Gasteiger partial charge on any atom is -0.386 e. The molecule has 0 aromatic rings. The topological polar surface area (TPSA) is 84.7 Å². The zero-order valence-electron chi connectivity index (χ0n) is 18.2. The summed E-state index contributed by atoms with van der Waals surface area (Å²) >= 11 is 0. The largest absolute Gasteiger partial charge is 0.386 e. The summed E-state index contributed by atoms with van der Waals surface area (Å²) in [5.41, 5.74) is 5.70. The maximum Gasteiger partial charge on any atom is 0.159 e. The van der Waals surface area contributed by atoms with Gasteiger partial charge in [-0.15, -0.1) is 5.10 Å². The third-order valence-electron chi connectivity index (χ3n) is 9.27. The van der Waals surface area contributed by atoms with E-state index >= 15 is 0 Å². The molecule has 4 fully saturated rings. The minimum atomic E-state index is -0.131. The van der Waals surface area contributed by atoms with Gasteiger partial charge in [0, 0.05) is 5.92 Å². The molecule has 0 aromatic heterocycles. The Labute approximate surface area is 174 Å². The molecular weight excluding hydrogens is 367 g/mol. The highest BCUT2D eigenvalue weighted by atomic mass is 19.1. The second-order valence-electron chi connectivity index (χ2n) is 10.7. The molecule has 4 aliphatic carbocycles. The minimum absolute atomic E-state index is 0.0905. The third-order valence-corrected chi connectivity index (χ3v) is 9.27. The van der Waals surface area contributed by atoms with Crippen LogP contribution in [0, 0.1) is 46.8 Å². The van der Waals surface area contributed by atoms with Gasteiger partial charge in [-0.25, -0.2) is 11.0 Å². The van der Waals surface area contributed by atoms with Crippen LogP contribution >= 0.6 is 0 Å². The third kappa shape index (κ3) is 3.82. The van der Waals surface area contributed by atoms with Crippen molar-refractivity contribution in [3.63, 3.8) is 0 Å². The number of fused-ring (bicyclic) bond motifs is 5. The van der Waals surface area contributed by atoms with Gasteiger partial charge in [-0.2, -0.15) is 0 Å². The van der Waals surface area contributed by atoms with E-state index < -0.39 is 0 Å². The van der Waals surface area contributed by atoms with Gasteiger partial charge in [0.25, 0.3) is 0 Å². The van der Waals surface area contributed by atoms with Crippen molar-refractivity contribution >= 4 is 11.6 Å². The molecule has 164 valence electrons. The lowest BCUT2D eigenvalue weighted by molar-refractivity contribution is -0.131. The van der Waals surface area contributed by atoms with E-state index in [1.54, 1.807) is 6.92 Å². The summed E-state index contributed by atoms with van der Waals surface area (Å²) in [6.45, 7) is 4.06. The monoisotopic (exact) mass is 406 g/mol. The smallest absolute Gasteiger partial charge is 0.159 e. The fourth-order valence-corrected chi connectivity index (χ4v) is 8.13. The predicted octanol–water partition coefficient (Wildman–Crippen LogP) is 3.88. The van der Waals surface area contributed by atoms with Crippen molar-refractivity contribution in [2.45, 2.75) is 71.6 Å². The van der Waals surface area contributed by atoms with Gasteiger partial charge in [0.05, 0.1) is 6.67 Å². The van der Waals surface area contributed by atoms with Gasteiger partial charge in [0.15, 0.2) is 5.78 Å². The van der Waals surface area contributed by atoms with Crippen LogP contribution in [0.4, 0.5) is 4.39 Å². The lowest BCUT2D eigenvalue weighted by Gasteiger charge is -2.56. The Morgan fingerprint density at radius 2 is 1.86 bits per heavy atom. The van der Waals surface area contributed by atoms with Crippen molar-refractivity contribution in [2.75, 3.05) is 13.2 Å². The molecule has 4 saturated carbocycles.